The quantitative estimate of drug-likeness (QED) is 0.889. The van der Waals surface area contributed by atoms with Crippen LogP contribution in [0.3, 0.4) is 0 Å². The Balaban J connectivity index is 3.14. The molecule has 0 fully saturated rings. The fraction of sp³-hybridized carbons (Fsp3) is 0.467. The highest BCUT2D eigenvalue weighted by Crippen LogP contribution is 2.19. The van der Waals surface area contributed by atoms with Crippen molar-refractivity contribution in [3.8, 4) is 0 Å². The van der Waals surface area contributed by atoms with Crippen LogP contribution in [0, 0.1) is 5.92 Å². The number of halogens is 1. The van der Waals surface area contributed by atoms with Gasteiger partial charge in [0.1, 0.15) is 0 Å². The Morgan fingerprint density at radius 3 is 2.15 bits per heavy atom. The number of rotatable bonds is 5. The fourth-order valence-corrected chi connectivity index (χ4v) is 2.42. The van der Waals surface area contributed by atoms with E-state index in [4.69, 9.17) is 5.11 Å². The highest BCUT2D eigenvalue weighted by atomic mass is 79.9. The standard InChI is InChI=1S/C15H20BrNO3/c1-9(2)8-17(10(3)4)14(18)11-5-12(15(19)20)7-13(16)6-11/h5-7,9-10H,8H2,1-4H3,(H,19,20). The molecule has 4 nitrogen and oxygen atoms in total. The summed E-state index contributed by atoms with van der Waals surface area (Å²) in [7, 11) is 0. The third-order valence-electron chi connectivity index (χ3n) is 2.84. The minimum Gasteiger partial charge on any atom is -0.478 e. The molecule has 1 rings (SSSR count). The summed E-state index contributed by atoms with van der Waals surface area (Å²) < 4.78 is 0.592. The van der Waals surface area contributed by atoms with Gasteiger partial charge in [-0.2, -0.15) is 0 Å². The van der Waals surface area contributed by atoms with E-state index in [1.807, 2.05) is 27.7 Å². The van der Waals surface area contributed by atoms with Crippen LogP contribution in [-0.2, 0) is 0 Å². The largest absolute Gasteiger partial charge is 0.478 e. The molecule has 0 saturated carbocycles. The normalized spacial score (nSPS) is 10.9. The van der Waals surface area contributed by atoms with E-state index in [9.17, 15) is 9.59 Å². The maximum Gasteiger partial charge on any atom is 0.335 e. The number of amides is 1. The minimum absolute atomic E-state index is 0.0668. The van der Waals surface area contributed by atoms with Crippen molar-refractivity contribution in [3.63, 3.8) is 0 Å². The van der Waals surface area contributed by atoms with Gasteiger partial charge in [0, 0.05) is 22.6 Å². The monoisotopic (exact) mass is 341 g/mol. The van der Waals surface area contributed by atoms with E-state index in [1.165, 1.54) is 12.1 Å². The average Bonchev–Trinajstić information content (AvgIpc) is 2.33. The average molecular weight is 342 g/mol. The Bertz CT molecular complexity index is 512. The van der Waals surface area contributed by atoms with E-state index in [0.29, 0.717) is 22.5 Å². The van der Waals surface area contributed by atoms with Crippen LogP contribution in [0.1, 0.15) is 48.4 Å². The van der Waals surface area contributed by atoms with Gasteiger partial charge in [-0.15, -0.1) is 0 Å². The van der Waals surface area contributed by atoms with Crippen molar-refractivity contribution in [2.24, 2.45) is 5.92 Å². The summed E-state index contributed by atoms with van der Waals surface area (Å²) in [6, 6.07) is 4.63. The highest BCUT2D eigenvalue weighted by Gasteiger charge is 2.21. The van der Waals surface area contributed by atoms with E-state index in [0.717, 1.165) is 0 Å². The molecule has 1 N–H and O–H groups in total. The van der Waals surface area contributed by atoms with E-state index in [2.05, 4.69) is 15.9 Å². The molecule has 110 valence electrons. The van der Waals surface area contributed by atoms with Gasteiger partial charge < -0.3 is 10.0 Å². The molecule has 0 aliphatic rings. The molecule has 0 unspecified atom stereocenters. The van der Waals surface area contributed by atoms with Gasteiger partial charge in [-0.25, -0.2) is 4.79 Å². The van der Waals surface area contributed by atoms with Crippen molar-refractivity contribution in [2.75, 3.05) is 6.54 Å². The van der Waals surface area contributed by atoms with Gasteiger partial charge in [-0.05, 0) is 38.0 Å². The molecule has 0 radical (unpaired) electrons. The lowest BCUT2D eigenvalue weighted by atomic mass is 10.1. The number of carbonyl (C=O) groups excluding carboxylic acids is 1. The van der Waals surface area contributed by atoms with Crippen LogP contribution in [-0.4, -0.2) is 34.5 Å². The molecular formula is C15H20BrNO3. The Morgan fingerprint density at radius 2 is 1.70 bits per heavy atom. The second-order valence-corrected chi connectivity index (χ2v) is 6.39. The van der Waals surface area contributed by atoms with Gasteiger partial charge >= 0.3 is 5.97 Å². The first-order chi connectivity index (χ1) is 9.22. The van der Waals surface area contributed by atoms with Crippen LogP contribution in [0.5, 0.6) is 0 Å². The van der Waals surface area contributed by atoms with Crippen LogP contribution in [0.4, 0.5) is 0 Å². The summed E-state index contributed by atoms with van der Waals surface area (Å²) in [4.78, 5) is 25.4. The van der Waals surface area contributed by atoms with E-state index in [1.54, 1.807) is 11.0 Å². The third kappa shape index (κ3) is 4.34. The summed E-state index contributed by atoms with van der Waals surface area (Å²) in [6.07, 6.45) is 0. The lowest BCUT2D eigenvalue weighted by Gasteiger charge is -2.28. The second kappa shape index (κ2) is 6.88. The van der Waals surface area contributed by atoms with E-state index < -0.39 is 5.97 Å². The van der Waals surface area contributed by atoms with Crippen LogP contribution in [0.15, 0.2) is 22.7 Å². The zero-order chi connectivity index (χ0) is 15.4. The van der Waals surface area contributed by atoms with Crippen LogP contribution in [0.2, 0.25) is 0 Å². The minimum atomic E-state index is -1.04. The van der Waals surface area contributed by atoms with Gasteiger partial charge in [-0.3, -0.25) is 4.79 Å². The van der Waals surface area contributed by atoms with Gasteiger partial charge in [-0.1, -0.05) is 29.8 Å². The predicted octanol–water partition coefficient (Wildman–Crippen LogP) is 3.65. The number of nitrogens with zero attached hydrogens (tertiary/aromatic N) is 1. The van der Waals surface area contributed by atoms with Gasteiger partial charge in [0.25, 0.3) is 5.91 Å². The van der Waals surface area contributed by atoms with E-state index in [-0.39, 0.29) is 17.5 Å². The van der Waals surface area contributed by atoms with Crippen LogP contribution in [0.25, 0.3) is 0 Å². The number of hydrogen-bond donors (Lipinski definition) is 1. The topological polar surface area (TPSA) is 57.6 Å². The lowest BCUT2D eigenvalue weighted by molar-refractivity contribution is 0.0682. The zero-order valence-electron chi connectivity index (χ0n) is 12.2. The van der Waals surface area contributed by atoms with Gasteiger partial charge in [0.05, 0.1) is 5.56 Å². The molecule has 0 aromatic heterocycles. The van der Waals surface area contributed by atoms with Crippen molar-refractivity contribution in [3.05, 3.63) is 33.8 Å². The summed E-state index contributed by atoms with van der Waals surface area (Å²) in [5.41, 5.74) is 0.502. The highest BCUT2D eigenvalue weighted by molar-refractivity contribution is 9.10. The molecule has 20 heavy (non-hydrogen) atoms. The van der Waals surface area contributed by atoms with Crippen molar-refractivity contribution >= 4 is 27.8 Å². The van der Waals surface area contributed by atoms with E-state index >= 15 is 0 Å². The molecule has 0 aliphatic carbocycles. The summed E-state index contributed by atoms with van der Waals surface area (Å²) in [6.45, 7) is 8.65. The smallest absolute Gasteiger partial charge is 0.335 e. The molecule has 5 heteroatoms. The first-order valence-corrected chi connectivity index (χ1v) is 7.36. The Labute approximate surface area is 127 Å². The maximum atomic E-state index is 12.6. The Hall–Kier alpha value is -1.36. The molecule has 0 atom stereocenters. The third-order valence-corrected chi connectivity index (χ3v) is 3.30. The summed E-state index contributed by atoms with van der Waals surface area (Å²) in [5.74, 6) is -0.828. The Morgan fingerprint density at radius 1 is 1.15 bits per heavy atom. The predicted molar refractivity (Wildman–Crippen MR) is 82.1 cm³/mol. The molecular weight excluding hydrogens is 322 g/mol. The first-order valence-electron chi connectivity index (χ1n) is 6.57. The summed E-state index contributed by atoms with van der Waals surface area (Å²) >= 11 is 3.25. The SMILES string of the molecule is CC(C)CN(C(=O)c1cc(Br)cc(C(=O)O)c1)C(C)C. The number of carbonyl (C=O) groups is 2. The number of carboxylic acid groups (broad SMARTS) is 1. The van der Waals surface area contributed by atoms with Crippen molar-refractivity contribution in [1.82, 2.24) is 4.90 Å². The number of benzene rings is 1. The maximum absolute atomic E-state index is 12.6. The lowest BCUT2D eigenvalue weighted by Crippen LogP contribution is -2.39. The van der Waals surface area contributed by atoms with Crippen LogP contribution < -0.4 is 0 Å². The number of aromatic carboxylic acids is 1. The van der Waals surface area contributed by atoms with Crippen molar-refractivity contribution in [2.45, 2.75) is 33.7 Å². The molecule has 0 aliphatic heterocycles. The molecule has 0 spiro atoms. The van der Waals surface area contributed by atoms with Gasteiger partial charge in [0.2, 0.25) is 0 Å². The summed E-state index contributed by atoms with van der Waals surface area (Å²) in [5, 5.41) is 9.06. The van der Waals surface area contributed by atoms with Gasteiger partial charge in [0.15, 0.2) is 0 Å². The number of carboxylic acids is 1. The first kappa shape index (κ1) is 16.7. The molecule has 0 bridgehead atoms. The van der Waals surface area contributed by atoms with Crippen molar-refractivity contribution in [1.29, 1.82) is 0 Å². The number of hydrogen-bond acceptors (Lipinski definition) is 2. The molecule has 1 aromatic carbocycles. The van der Waals surface area contributed by atoms with Crippen LogP contribution >= 0.6 is 15.9 Å². The molecule has 0 saturated heterocycles. The molecule has 1 amide bonds. The second-order valence-electron chi connectivity index (χ2n) is 5.48. The molecule has 1 aromatic rings. The Kier molecular flexibility index (Phi) is 5.74. The fourth-order valence-electron chi connectivity index (χ4n) is 1.92. The van der Waals surface area contributed by atoms with Crippen molar-refractivity contribution < 1.29 is 14.7 Å². The molecule has 0 heterocycles. The zero-order valence-corrected chi connectivity index (χ0v) is 13.8.